The third-order valence-electron chi connectivity index (χ3n) is 5.82. The molecule has 2 aromatic rings. The van der Waals surface area contributed by atoms with Gasteiger partial charge in [-0.05, 0) is 48.6 Å². The molecular formula is C20H21N3O4. The van der Waals surface area contributed by atoms with Crippen LogP contribution in [0.3, 0.4) is 0 Å². The third-order valence-corrected chi connectivity index (χ3v) is 5.82. The van der Waals surface area contributed by atoms with Crippen molar-refractivity contribution in [3.8, 4) is 0 Å². The van der Waals surface area contributed by atoms with Gasteiger partial charge in [-0.15, -0.1) is 0 Å². The summed E-state index contributed by atoms with van der Waals surface area (Å²) in [5, 5.41) is 14.1. The Balaban J connectivity index is 1.47. The highest BCUT2D eigenvalue weighted by atomic mass is 16.6. The van der Waals surface area contributed by atoms with Crippen molar-refractivity contribution in [2.45, 2.75) is 38.3 Å². The van der Waals surface area contributed by atoms with Crippen LogP contribution in [0.25, 0.3) is 0 Å². The predicted molar refractivity (Wildman–Crippen MR) is 99.4 cm³/mol. The molecule has 1 saturated carbocycles. The molecule has 2 atom stereocenters. The molecule has 7 nitrogen and oxygen atoms in total. The summed E-state index contributed by atoms with van der Waals surface area (Å²) in [4.78, 5) is 34.3. The lowest BCUT2D eigenvalue weighted by Crippen LogP contribution is -2.43. The minimum absolute atomic E-state index is 0.0377. The highest BCUT2D eigenvalue weighted by Crippen LogP contribution is 2.40. The van der Waals surface area contributed by atoms with Gasteiger partial charge in [-0.1, -0.05) is 24.3 Å². The molecule has 1 heterocycles. The van der Waals surface area contributed by atoms with Gasteiger partial charge in [-0.25, -0.2) is 0 Å². The average Bonchev–Trinajstić information content (AvgIpc) is 2.90. The third kappa shape index (κ3) is 3.49. The topological polar surface area (TPSA) is 94.2 Å². The number of carbonyl (C=O) groups is 1. The summed E-state index contributed by atoms with van der Waals surface area (Å²) in [6.45, 7) is -0.0377. The summed E-state index contributed by atoms with van der Waals surface area (Å²) in [6.07, 6.45) is 6.69. The fraction of sp³-hybridized carbons (Fsp3) is 0.400. The van der Waals surface area contributed by atoms with E-state index in [1.54, 1.807) is 0 Å². The molecule has 0 spiro atoms. The number of hydrogen-bond donors (Lipinski definition) is 1. The molecule has 27 heavy (non-hydrogen) atoms. The molecule has 1 aromatic heterocycles. The number of benzene rings is 1. The van der Waals surface area contributed by atoms with Gasteiger partial charge in [0.1, 0.15) is 6.54 Å². The van der Waals surface area contributed by atoms with Gasteiger partial charge in [0, 0.05) is 18.3 Å². The highest BCUT2D eigenvalue weighted by molar-refractivity contribution is 5.76. The van der Waals surface area contributed by atoms with Crippen LogP contribution in [0.4, 0.5) is 5.69 Å². The molecule has 2 aliphatic carbocycles. The number of fused-ring (bicyclic) bond motifs is 3. The van der Waals surface area contributed by atoms with Gasteiger partial charge in [-0.2, -0.15) is 0 Å². The summed E-state index contributed by atoms with van der Waals surface area (Å²) >= 11 is 0. The lowest BCUT2D eigenvalue weighted by atomic mass is 9.94. The summed E-state index contributed by atoms with van der Waals surface area (Å²) in [5.74, 6) is 0.665. The first-order valence-corrected chi connectivity index (χ1v) is 9.22. The maximum atomic E-state index is 12.6. The Morgan fingerprint density at radius 3 is 2.37 bits per heavy atom. The molecule has 4 rings (SSSR count). The van der Waals surface area contributed by atoms with E-state index in [9.17, 15) is 19.7 Å². The normalized spacial score (nSPS) is 23.3. The van der Waals surface area contributed by atoms with Crippen LogP contribution in [0.15, 0.2) is 47.5 Å². The molecule has 1 aromatic carbocycles. The molecule has 0 saturated heterocycles. The first kappa shape index (κ1) is 17.5. The number of aromatic nitrogens is 1. The predicted octanol–water partition coefficient (Wildman–Crippen LogP) is 2.07. The molecule has 1 amide bonds. The Kier molecular flexibility index (Phi) is 4.51. The molecule has 1 N–H and O–H groups in total. The summed E-state index contributed by atoms with van der Waals surface area (Å²) in [7, 11) is 0. The monoisotopic (exact) mass is 367 g/mol. The quantitative estimate of drug-likeness (QED) is 0.661. The van der Waals surface area contributed by atoms with Gasteiger partial charge >= 0.3 is 5.69 Å². The average molecular weight is 367 g/mol. The van der Waals surface area contributed by atoms with Crippen LogP contribution in [0.1, 0.15) is 24.0 Å². The van der Waals surface area contributed by atoms with Gasteiger partial charge in [0.05, 0.1) is 11.1 Å². The Labute approximate surface area is 156 Å². The first-order chi connectivity index (χ1) is 13.0. The van der Waals surface area contributed by atoms with Crippen LogP contribution in [0, 0.1) is 22.0 Å². The van der Waals surface area contributed by atoms with E-state index in [0.717, 1.165) is 37.9 Å². The Morgan fingerprint density at radius 1 is 1.15 bits per heavy atom. The van der Waals surface area contributed by atoms with Crippen molar-refractivity contribution in [1.29, 1.82) is 0 Å². The van der Waals surface area contributed by atoms with Gasteiger partial charge < -0.3 is 9.88 Å². The maximum Gasteiger partial charge on any atom is 0.332 e. The molecule has 2 bridgehead atoms. The standard InChI is InChI=1S/C20H21N3O4/c24-18-7-8-22(11-17(18)23(26)27)12-19(25)21-20-15-5-6-16(20)10-14-4-2-1-3-13(14)9-15/h1-4,7-8,11,15-16,20H,5-6,9-10,12H2,(H,21,25). The summed E-state index contributed by atoms with van der Waals surface area (Å²) in [6, 6.07) is 9.72. The second-order valence-corrected chi connectivity index (χ2v) is 7.49. The number of hydrogen-bond acceptors (Lipinski definition) is 4. The van der Waals surface area contributed by atoms with E-state index in [4.69, 9.17) is 0 Å². The van der Waals surface area contributed by atoms with Crippen molar-refractivity contribution in [1.82, 2.24) is 9.88 Å². The number of nitro groups is 1. The van der Waals surface area contributed by atoms with Gasteiger partial charge in [0.15, 0.2) is 0 Å². The molecule has 2 unspecified atom stereocenters. The van der Waals surface area contributed by atoms with Crippen LogP contribution in [-0.4, -0.2) is 21.4 Å². The van der Waals surface area contributed by atoms with E-state index < -0.39 is 16.0 Å². The number of nitrogens with one attached hydrogen (secondary N) is 1. The van der Waals surface area contributed by atoms with Crippen LogP contribution >= 0.6 is 0 Å². The zero-order chi connectivity index (χ0) is 19.0. The molecule has 140 valence electrons. The number of rotatable bonds is 4. The van der Waals surface area contributed by atoms with Crippen molar-refractivity contribution >= 4 is 11.6 Å². The largest absolute Gasteiger partial charge is 0.351 e. The molecule has 2 aliphatic rings. The van der Waals surface area contributed by atoms with Gasteiger partial charge in [-0.3, -0.25) is 19.7 Å². The van der Waals surface area contributed by atoms with Gasteiger partial charge in [0.25, 0.3) is 5.43 Å². The van der Waals surface area contributed by atoms with Crippen LogP contribution in [-0.2, 0) is 24.2 Å². The van der Waals surface area contributed by atoms with E-state index in [-0.39, 0.29) is 18.5 Å². The fourth-order valence-electron chi connectivity index (χ4n) is 4.53. The second-order valence-electron chi connectivity index (χ2n) is 7.49. The lowest BCUT2D eigenvalue weighted by Gasteiger charge is -2.24. The Bertz CT molecular complexity index is 919. The second kappa shape index (κ2) is 6.98. The summed E-state index contributed by atoms with van der Waals surface area (Å²) in [5.41, 5.74) is 1.58. The van der Waals surface area contributed by atoms with Crippen LogP contribution in [0.5, 0.6) is 0 Å². The van der Waals surface area contributed by atoms with E-state index in [0.29, 0.717) is 11.8 Å². The minimum atomic E-state index is -0.723. The number of nitrogens with zero attached hydrogens (tertiary/aromatic N) is 2. The van der Waals surface area contributed by atoms with Crippen LogP contribution < -0.4 is 10.7 Å². The molecule has 7 heteroatoms. The Morgan fingerprint density at radius 2 is 1.78 bits per heavy atom. The van der Waals surface area contributed by atoms with Crippen molar-refractivity contribution in [2.24, 2.45) is 11.8 Å². The highest BCUT2D eigenvalue weighted by Gasteiger charge is 2.39. The zero-order valence-electron chi connectivity index (χ0n) is 14.8. The van der Waals surface area contributed by atoms with E-state index in [1.807, 2.05) is 0 Å². The summed E-state index contributed by atoms with van der Waals surface area (Å²) < 4.78 is 1.39. The number of amides is 1. The fourth-order valence-corrected chi connectivity index (χ4v) is 4.53. The van der Waals surface area contributed by atoms with Gasteiger partial charge in [0.2, 0.25) is 5.91 Å². The molecule has 1 fully saturated rings. The zero-order valence-corrected chi connectivity index (χ0v) is 14.8. The van der Waals surface area contributed by atoms with Crippen molar-refractivity contribution in [3.63, 3.8) is 0 Å². The van der Waals surface area contributed by atoms with E-state index in [1.165, 1.54) is 21.9 Å². The van der Waals surface area contributed by atoms with Crippen molar-refractivity contribution in [2.75, 3.05) is 0 Å². The SMILES string of the molecule is O=C(Cn1ccc(=O)c([N+](=O)[O-])c1)NC1C2CCC1Cc1ccccc1C2. The molecule has 0 aliphatic heterocycles. The first-order valence-electron chi connectivity index (χ1n) is 9.22. The number of pyridine rings is 1. The number of carbonyl (C=O) groups excluding carboxylic acids is 1. The molecular weight excluding hydrogens is 346 g/mol. The smallest absolute Gasteiger partial charge is 0.332 e. The van der Waals surface area contributed by atoms with Crippen molar-refractivity contribution in [3.05, 3.63) is 74.2 Å². The van der Waals surface area contributed by atoms with E-state index in [2.05, 4.69) is 29.6 Å². The minimum Gasteiger partial charge on any atom is -0.351 e. The van der Waals surface area contributed by atoms with E-state index >= 15 is 0 Å². The lowest BCUT2D eigenvalue weighted by molar-refractivity contribution is -0.386. The maximum absolute atomic E-state index is 12.6. The Hall–Kier alpha value is -2.96. The van der Waals surface area contributed by atoms with Crippen LogP contribution in [0.2, 0.25) is 0 Å². The molecule has 0 radical (unpaired) electrons. The van der Waals surface area contributed by atoms with Crippen molar-refractivity contribution < 1.29 is 9.72 Å².